The number of aryl methyl sites for hydroxylation is 1. The number of rotatable bonds is 7. The van der Waals surface area contributed by atoms with Gasteiger partial charge in [0.15, 0.2) is 0 Å². The van der Waals surface area contributed by atoms with Crippen LogP contribution >= 0.6 is 11.6 Å². The summed E-state index contributed by atoms with van der Waals surface area (Å²) < 4.78 is 0. The predicted molar refractivity (Wildman–Crippen MR) is 115 cm³/mol. The molecule has 0 spiro atoms. The molecule has 1 saturated heterocycles. The summed E-state index contributed by atoms with van der Waals surface area (Å²) in [6.07, 6.45) is 0.496. The van der Waals surface area contributed by atoms with E-state index in [0.29, 0.717) is 24.5 Å². The molecule has 0 unspecified atom stereocenters. The normalized spacial score (nSPS) is 21.9. The average Bonchev–Trinajstić information content (AvgIpc) is 2.70. The van der Waals surface area contributed by atoms with Crippen molar-refractivity contribution in [1.29, 1.82) is 0 Å². The molecular formula is C23H29ClN2O3. The Labute approximate surface area is 177 Å². The molecule has 3 N–H and O–H groups in total. The molecule has 156 valence electrons. The second-order valence-electron chi connectivity index (χ2n) is 7.87. The minimum Gasteiger partial charge on any atom is -0.388 e. The first kappa shape index (κ1) is 21.8. The summed E-state index contributed by atoms with van der Waals surface area (Å²) in [5.41, 5.74) is 2.19. The third kappa shape index (κ3) is 5.80. The fourth-order valence-electron chi connectivity index (χ4n) is 3.71. The lowest BCUT2D eigenvalue weighted by Crippen LogP contribution is -2.60. The van der Waals surface area contributed by atoms with Gasteiger partial charge in [0.05, 0.1) is 6.42 Å². The number of aliphatic hydroxyl groups is 2. The quantitative estimate of drug-likeness (QED) is 0.606. The van der Waals surface area contributed by atoms with Crippen molar-refractivity contribution < 1.29 is 15.0 Å². The largest absolute Gasteiger partial charge is 0.388 e. The molecule has 0 aliphatic carbocycles. The molecule has 1 aliphatic heterocycles. The van der Waals surface area contributed by atoms with Crippen molar-refractivity contribution in [3.8, 4) is 0 Å². The van der Waals surface area contributed by atoms with Gasteiger partial charge in [-0.3, -0.25) is 4.79 Å². The van der Waals surface area contributed by atoms with Gasteiger partial charge in [0.2, 0.25) is 5.91 Å². The van der Waals surface area contributed by atoms with Crippen molar-refractivity contribution in [1.82, 2.24) is 10.2 Å². The maximum atomic E-state index is 12.5. The van der Waals surface area contributed by atoms with Gasteiger partial charge in [-0.05, 0) is 55.1 Å². The summed E-state index contributed by atoms with van der Waals surface area (Å²) in [6.45, 7) is 3.68. The summed E-state index contributed by atoms with van der Waals surface area (Å²) >= 11 is 5.88. The Hall–Kier alpha value is -1.92. The number of halogens is 1. The maximum Gasteiger partial charge on any atom is 0.227 e. The molecule has 1 aliphatic rings. The first-order chi connectivity index (χ1) is 13.9. The number of hydrogen-bond acceptors (Lipinski definition) is 4. The van der Waals surface area contributed by atoms with E-state index >= 15 is 0 Å². The number of carbonyl (C=O) groups excluding carboxylic acids is 1. The number of likely N-dealkylation sites (tertiary alicyclic amines) is 1. The molecule has 5 nitrogen and oxygen atoms in total. The lowest BCUT2D eigenvalue weighted by molar-refractivity contribution is -0.148. The molecule has 2 atom stereocenters. The van der Waals surface area contributed by atoms with Gasteiger partial charge in [-0.15, -0.1) is 0 Å². The molecule has 6 heteroatoms. The first-order valence-corrected chi connectivity index (χ1v) is 10.4. The van der Waals surface area contributed by atoms with Gasteiger partial charge in [0, 0.05) is 24.7 Å². The fraction of sp³-hybridized carbons (Fsp3) is 0.435. The van der Waals surface area contributed by atoms with Gasteiger partial charge in [0.1, 0.15) is 11.7 Å². The van der Waals surface area contributed by atoms with Gasteiger partial charge >= 0.3 is 0 Å². The molecule has 0 aromatic heterocycles. The van der Waals surface area contributed by atoms with Crippen molar-refractivity contribution in [2.24, 2.45) is 0 Å². The van der Waals surface area contributed by atoms with E-state index in [1.807, 2.05) is 24.3 Å². The highest BCUT2D eigenvalue weighted by Gasteiger charge is 2.41. The average molecular weight is 417 g/mol. The predicted octanol–water partition coefficient (Wildman–Crippen LogP) is 2.35. The third-order valence-corrected chi connectivity index (χ3v) is 5.97. The fourth-order valence-corrected chi connectivity index (χ4v) is 3.83. The Kier molecular flexibility index (Phi) is 7.30. The van der Waals surface area contributed by atoms with E-state index in [4.69, 9.17) is 11.6 Å². The van der Waals surface area contributed by atoms with Crippen LogP contribution in [0.4, 0.5) is 0 Å². The Morgan fingerprint density at radius 3 is 2.66 bits per heavy atom. The molecule has 1 amide bonds. The van der Waals surface area contributed by atoms with Crippen molar-refractivity contribution in [3.05, 3.63) is 70.2 Å². The molecule has 0 saturated carbocycles. The number of benzene rings is 2. The monoisotopic (exact) mass is 416 g/mol. The minimum absolute atomic E-state index is 0.0547. The number of nitrogens with one attached hydrogen (secondary N) is 1. The Morgan fingerprint density at radius 1 is 1.24 bits per heavy atom. The summed E-state index contributed by atoms with van der Waals surface area (Å²) in [5.74, 6) is -0.0547. The van der Waals surface area contributed by atoms with Crippen LogP contribution in [-0.2, 0) is 17.6 Å². The van der Waals surface area contributed by atoms with Crippen LogP contribution in [0.1, 0.15) is 23.1 Å². The second-order valence-corrected chi connectivity index (χ2v) is 8.30. The van der Waals surface area contributed by atoms with Gasteiger partial charge in [-0.2, -0.15) is 0 Å². The van der Waals surface area contributed by atoms with Gasteiger partial charge in [0.25, 0.3) is 0 Å². The van der Waals surface area contributed by atoms with E-state index in [-0.39, 0.29) is 18.9 Å². The van der Waals surface area contributed by atoms with E-state index in [0.717, 1.165) is 18.5 Å². The molecule has 0 bridgehead atoms. The molecule has 2 aromatic carbocycles. The van der Waals surface area contributed by atoms with Crippen LogP contribution in [0.25, 0.3) is 0 Å². The standard InChI is InChI=1S/C23H29ClN2O3/c1-17-4-2-3-5-19(17)10-12-25-16-23(29)11-13-26(15-21(23)27)22(28)14-18-6-8-20(24)9-7-18/h2-9,21,25,27,29H,10-16H2,1H3/t21-,23-/m0/s1. The van der Waals surface area contributed by atoms with Crippen LogP contribution in [0.3, 0.4) is 0 Å². The van der Waals surface area contributed by atoms with Gasteiger partial charge < -0.3 is 20.4 Å². The molecule has 3 rings (SSSR count). The Bertz CT molecular complexity index is 827. The number of hydrogen-bond donors (Lipinski definition) is 3. The zero-order valence-corrected chi connectivity index (χ0v) is 17.5. The van der Waals surface area contributed by atoms with Crippen LogP contribution in [0.5, 0.6) is 0 Å². The van der Waals surface area contributed by atoms with Gasteiger partial charge in [-0.25, -0.2) is 0 Å². The number of aliphatic hydroxyl groups excluding tert-OH is 1. The summed E-state index contributed by atoms with van der Waals surface area (Å²) in [4.78, 5) is 14.2. The highest BCUT2D eigenvalue weighted by atomic mass is 35.5. The molecule has 2 aromatic rings. The van der Waals surface area contributed by atoms with Crippen molar-refractivity contribution in [2.75, 3.05) is 26.2 Å². The SMILES string of the molecule is Cc1ccccc1CCNC[C@@]1(O)CCN(C(=O)Cc2ccc(Cl)cc2)C[C@@H]1O. The minimum atomic E-state index is -1.22. The first-order valence-electron chi connectivity index (χ1n) is 10.1. The lowest BCUT2D eigenvalue weighted by Gasteiger charge is -2.42. The van der Waals surface area contributed by atoms with E-state index in [1.54, 1.807) is 17.0 Å². The van der Waals surface area contributed by atoms with Gasteiger partial charge in [-0.1, -0.05) is 48.0 Å². The van der Waals surface area contributed by atoms with E-state index in [2.05, 4.69) is 24.4 Å². The molecule has 1 heterocycles. The topological polar surface area (TPSA) is 72.8 Å². The lowest BCUT2D eigenvalue weighted by atomic mass is 9.88. The third-order valence-electron chi connectivity index (χ3n) is 5.71. The smallest absolute Gasteiger partial charge is 0.227 e. The summed E-state index contributed by atoms with van der Waals surface area (Å²) in [5, 5.41) is 25.3. The number of piperidine rings is 1. The number of carbonyl (C=O) groups is 1. The van der Waals surface area contributed by atoms with E-state index in [9.17, 15) is 15.0 Å². The number of nitrogens with zero attached hydrogens (tertiary/aromatic N) is 1. The van der Waals surface area contributed by atoms with E-state index < -0.39 is 11.7 Å². The summed E-state index contributed by atoms with van der Waals surface area (Å²) in [7, 11) is 0. The molecule has 0 radical (unpaired) electrons. The number of β-amino-alcohol motifs (C(OH)–C–C–N with tert-alkyl or cyclic N) is 1. The highest BCUT2D eigenvalue weighted by molar-refractivity contribution is 6.30. The van der Waals surface area contributed by atoms with Crippen LogP contribution in [0, 0.1) is 6.92 Å². The van der Waals surface area contributed by atoms with Crippen molar-refractivity contribution in [3.63, 3.8) is 0 Å². The summed E-state index contributed by atoms with van der Waals surface area (Å²) in [6, 6.07) is 15.4. The zero-order valence-electron chi connectivity index (χ0n) is 16.8. The zero-order chi connectivity index (χ0) is 20.9. The Balaban J connectivity index is 1.46. The molecule has 29 heavy (non-hydrogen) atoms. The van der Waals surface area contributed by atoms with Crippen LogP contribution in [-0.4, -0.2) is 58.9 Å². The molecular weight excluding hydrogens is 388 g/mol. The van der Waals surface area contributed by atoms with Crippen LogP contribution in [0.15, 0.2) is 48.5 Å². The van der Waals surface area contributed by atoms with Crippen LogP contribution < -0.4 is 5.32 Å². The van der Waals surface area contributed by atoms with Crippen molar-refractivity contribution >= 4 is 17.5 Å². The van der Waals surface area contributed by atoms with Crippen LogP contribution in [0.2, 0.25) is 5.02 Å². The Morgan fingerprint density at radius 2 is 1.97 bits per heavy atom. The maximum absolute atomic E-state index is 12.5. The second kappa shape index (κ2) is 9.72. The highest BCUT2D eigenvalue weighted by Crippen LogP contribution is 2.23. The number of amides is 1. The van der Waals surface area contributed by atoms with E-state index in [1.165, 1.54) is 11.1 Å². The molecule has 1 fully saturated rings. The van der Waals surface area contributed by atoms with Crippen molar-refractivity contribution in [2.45, 2.75) is 37.9 Å².